The predicted octanol–water partition coefficient (Wildman–Crippen LogP) is 1.77. The molecule has 0 aliphatic rings. The van der Waals surface area contributed by atoms with E-state index in [1.54, 1.807) is 0 Å². The van der Waals surface area contributed by atoms with Gasteiger partial charge in [0.05, 0.1) is 6.04 Å². The highest BCUT2D eigenvalue weighted by Crippen LogP contribution is 2.18. The molecular formula is C17H23N3O2. The first-order valence-electron chi connectivity index (χ1n) is 7.60. The number of hydrogen-bond donors (Lipinski definition) is 3. The van der Waals surface area contributed by atoms with E-state index in [4.69, 9.17) is 5.73 Å². The minimum absolute atomic E-state index is 0.00297. The standard InChI is InChI=1S/C17H23N3O2/c1-11(2)16(21)7-8-19-17(22)14(18)9-12-10-20-15-6-4-3-5-13(12)15/h3-6,10-11,14,20H,7-9,18H2,1-2H3,(H,19,22). The molecular weight excluding hydrogens is 278 g/mol. The van der Waals surface area contributed by atoms with Crippen LogP contribution in [0.4, 0.5) is 0 Å². The van der Waals surface area contributed by atoms with E-state index in [1.165, 1.54) is 0 Å². The molecule has 118 valence electrons. The van der Waals surface area contributed by atoms with Gasteiger partial charge >= 0.3 is 0 Å². The Kier molecular flexibility index (Phi) is 5.33. The molecule has 0 spiro atoms. The Morgan fingerprint density at radius 3 is 2.73 bits per heavy atom. The number of Topliss-reactive ketones (excluding diaryl/α,β-unsaturated/α-hetero) is 1. The van der Waals surface area contributed by atoms with Crippen molar-refractivity contribution in [3.05, 3.63) is 36.0 Å². The maximum atomic E-state index is 12.0. The van der Waals surface area contributed by atoms with Crippen LogP contribution in [0.5, 0.6) is 0 Å². The van der Waals surface area contributed by atoms with Gasteiger partial charge in [-0.15, -0.1) is 0 Å². The van der Waals surface area contributed by atoms with E-state index < -0.39 is 6.04 Å². The lowest BCUT2D eigenvalue weighted by Gasteiger charge is -2.12. The Balaban J connectivity index is 1.87. The first kappa shape index (κ1) is 16.2. The fraction of sp³-hybridized carbons (Fsp3) is 0.412. The van der Waals surface area contributed by atoms with Crippen molar-refractivity contribution in [3.8, 4) is 0 Å². The van der Waals surface area contributed by atoms with Crippen LogP contribution in [0.1, 0.15) is 25.8 Å². The second-order valence-electron chi connectivity index (χ2n) is 5.83. The highest BCUT2D eigenvalue weighted by atomic mass is 16.2. The van der Waals surface area contributed by atoms with Gasteiger partial charge in [-0.05, 0) is 18.1 Å². The number of aromatic amines is 1. The number of carbonyl (C=O) groups is 2. The van der Waals surface area contributed by atoms with Gasteiger partial charge in [0.15, 0.2) is 0 Å². The number of nitrogens with two attached hydrogens (primary N) is 1. The summed E-state index contributed by atoms with van der Waals surface area (Å²) in [6.07, 6.45) is 2.71. The van der Waals surface area contributed by atoms with Gasteiger partial charge in [-0.1, -0.05) is 32.0 Å². The van der Waals surface area contributed by atoms with Crippen LogP contribution in [-0.4, -0.2) is 29.3 Å². The molecule has 0 bridgehead atoms. The van der Waals surface area contributed by atoms with Crippen molar-refractivity contribution in [2.75, 3.05) is 6.54 Å². The van der Waals surface area contributed by atoms with Gasteiger partial charge in [-0.3, -0.25) is 9.59 Å². The molecule has 0 saturated heterocycles. The summed E-state index contributed by atoms with van der Waals surface area (Å²) in [4.78, 5) is 26.7. The second kappa shape index (κ2) is 7.22. The SMILES string of the molecule is CC(C)C(=O)CCNC(=O)C(N)Cc1c[nH]c2ccccc12. The van der Waals surface area contributed by atoms with Crippen molar-refractivity contribution in [3.63, 3.8) is 0 Å². The second-order valence-corrected chi connectivity index (χ2v) is 5.83. The van der Waals surface area contributed by atoms with E-state index in [2.05, 4.69) is 10.3 Å². The van der Waals surface area contributed by atoms with Crippen molar-refractivity contribution >= 4 is 22.6 Å². The molecule has 0 radical (unpaired) electrons. The number of ketones is 1. The van der Waals surface area contributed by atoms with Crippen molar-refractivity contribution in [1.82, 2.24) is 10.3 Å². The maximum absolute atomic E-state index is 12.0. The summed E-state index contributed by atoms with van der Waals surface area (Å²) in [5.74, 6) is -0.0795. The van der Waals surface area contributed by atoms with Crippen LogP contribution in [0.3, 0.4) is 0 Å². The van der Waals surface area contributed by atoms with Crippen molar-refractivity contribution in [2.24, 2.45) is 11.7 Å². The fourth-order valence-electron chi connectivity index (χ4n) is 2.36. The van der Waals surface area contributed by atoms with E-state index in [9.17, 15) is 9.59 Å². The molecule has 2 aromatic rings. The minimum atomic E-state index is -0.617. The summed E-state index contributed by atoms with van der Waals surface area (Å²) in [6.45, 7) is 4.05. The van der Waals surface area contributed by atoms with Gasteiger partial charge in [-0.25, -0.2) is 0 Å². The normalized spacial score (nSPS) is 12.5. The molecule has 5 nitrogen and oxygen atoms in total. The van der Waals surface area contributed by atoms with Gasteiger partial charge in [0, 0.05) is 36.0 Å². The molecule has 0 aliphatic carbocycles. The highest BCUT2D eigenvalue weighted by Gasteiger charge is 2.16. The molecule has 22 heavy (non-hydrogen) atoms. The third kappa shape index (κ3) is 3.95. The van der Waals surface area contributed by atoms with Gasteiger partial charge in [0.1, 0.15) is 5.78 Å². The van der Waals surface area contributed by atoms with Crippen molar-refractivity contribution in [1.29, 1.82) is 0 Å². The van der Waals surface area contributed by atoms with Crippen LogP contribution >= 0.6 is 0 Å². The quantitative estimate of drug-likeness (QED) is 0.728. The van der Waals surface area contributed by atoms with Gasteiger partial charge in [-0.2, -0.15) is 0 Å². The van der Waals surface area contributed by atoms with Crippen LogP contribution in [0.25, 0.3) is 10.9 Å². The molecule has 0 fully saturated rings. The highest BCUT2D eigenvalue weighted by molar-refractivity contribution is 5.86. The molecule has 1 atom stereocenters. The number of nitrogens with one attached hydrogen (secondary N) is 2. The number of para-hydroxylation sites is 1. The van der Waals surface area contributed by atoms with Crippen LogP contribution in [0, 0.1) is 5.92 Å². The number of benzene rings is 1. The van der Waals surface area contributed by atoms with Crippen LogP contribution in [0.2, 0.25) is 0 Å². The third-order valence-corrected chi connectivity index (χ3v) is 3.77. The monoisotopic (exact) mass is 301 g/mol. The zero-order valence-electron chi connectivity index (χ0n) is 13.1. The van der Waals surface area contributed by atoms with Crippen LogP contribution < -0.4 is 11.1 Å². The number of carbonyl (C=O) groups excluding carboxylic acids is 2. The lowest BCUT2D eigenvalue weighted by atomic mass is 10.0. The van der Waals surface area contributed by atoms with Crippen molar-refractivity contribution in [2.45, 2.75) is 32.7 Å². The van der Waals surface area contributed by atoms with E-state index in [0.29, 0.717) is 19.4 Å². The summed E-state index contributed by atoms with van der Waals surface area (Å²) >= 11 is 0. The molecule has 1 aromatic carbocycles. The molecule has 1 aromatic heterocycles. The molecule has 1 amide bonds. The zero-order valence-corrected chi connectivity index (χ0v) is 13.1. The van der Waals surface area contributed by atoms with E-state index in [0.717, 1.165) is 16.5 Å². The molecule has 5 heteroatoms. The Morgan fingerprint density at radius 1 is 1.27 bits per heavy atom. The number of fused-ring (bicyclic) bond motifs is 1. The largest absolute Gasteiger partial charge is 0.361 e. The van der Waals surface area contributed by atoms with E-state index in [1.807, 2.05) is 44.3 Å². The molecule has 4 N–H and O–H groups in total. The summed E-state index contributed by atoms with van der Waals surface area (Å²) in [6, 6.07) is 7.30. The van der Waals surface area contributed by atoms with Crippen LogP contribution in [0.15, 0.2) is 30.5 Å². The predicted molar refractivity (Wildman–Crippen MR) is 87.4 cm³/mol. The van der Waals surface area contributed by atoms with Gasteiger partial charge < -0.3 is 16.0 Å². The number of hydrogen-bond acceptors (Lipinski definition) is 3. The maximum Gasteiger partial charge on any atom is 0.237 e. The van der Waals surface area contributed by atoms with E-state index >= 15 is 0 Å². The minimum Gasteiger partial charge on any atom is -0.361 e. The Bertz CT molecular complexity index is 661. The summed E-state index contributed by atoms with van der Waals surface area (Å²) in [5, 5.41) is 3.82. The van der Waals surface area contributed by atoms with Crippen LogP contribution in [-0.2, 0) is 16.0 Å². The smallest absolute Gasteiger partial charge is 0.237 e. The zero-order chi connectivity index (χ0) is 16.1. The van der Waals surface area contributed by atoms with Crippen molar-refractivity contribution < 1.29 is 9.59 Å². The van der Waals surface area contributed by atoms with E-state index in [-0.39, 0.29) is 17.6 Å². The van der Waals surface area contributed by atoms with Gasteiger partial charge in [0.2, 0.25) is 5.91 Å². The lowest BCUT2D eigenvalue weighted by Crippen LogP contribution is -2.42. The third-order valence-electron chi connectivity index (χ3n) is 3.77. The molecule has 1 unspecified atom stereocenters. The molecule has 0 saturated carbocycles. The number of amides is 1. The summed E-state index contributed by atoms with van der Waals surface area (Å²) < 4.78 is 0. The molecule has 0 aliphatic heterocycles. The Morgan fingerprint density at radius 2 is 2.00 bits per heavy atom. The first-order chi connectivity index (χ1) is 10.5. The summed E-state index contributed by atoms with van der Waals surface area (Å²) in [7, 11) is 0. The average Bonchev–Trinajstić information content (AvgIpc) is 2.90. The molecule has 1 heterocycles. The number of rotatable bonds is 7. The molecule has 2 rings (SSSR count). The number of H-pyrrole nitrogens is 1. The Hall–Kier alpha value is -2.14. The summed E-state index contributed by atoms with van der Waals surface area (Å²) in [5.41, 5.74) is 8.02. The van der Waals surface area contributed by atoms with Gasteiger partial charge in [0.25, 0.3) is 0 Å². The lowest BCUT2D eigenvalue weighted by molar-refractivity contribution is -0.123. The topological polar surface area (TPSA) is 88.0 Å². The number of aromatic nitrogens is 1. The average molecular weight is 301 g/mol. The first-order valence-corrected chi connectivity index (χ1v) is 7.60. The Labute approximate surface area is 130 Å². The fourth-order valence-corrected chi connectivity index (χ4v) is 2.36.